The molecule has 28 heavy (non-hydrogen) atoms. The van der Waals surface area contributed by atoms with Crippen LogP contribution in [0.25, 0.3) is 0 Å². The van der Waals surface area contributed by atoms with Crippen molar-refractivity contribution < 1.29 is 9.18 Å². The number of fused-ring (bicyclic) bond motifs is 1. The lowest BCUT2D eigenvalue weighted by Crippen LogP contribution is -2.47. The number of halogens is 1. The maximum atomic E-state index is 13.9. The first-order chi connectivity index (χ1) is 13.6. The van der Waals surface area contributed by atoms with Gasteiger partial charge in [0.05, 0.1) is 6.04 Å². The van der Waals surface area contributed by atoms with Crippen molar-refractivity contribution in [2.24, 2.45) is 0 Å². The molecule has 0 aliphatic carbocycles. The van der Waals surface area contributed by atoms with Gasteiger partial charge in [-0.3, -0.25) is 9.48 Å². The maximum Gasteiger partial charge on any atom is 0.225 e. The second-order valence-corrected chi connectivity index (χ2v) is 8.14. The fourth-order valence-corrected chi connectivity index (χ4v) is 4.80. The lowest BCUT2D eigenvalue weighted by atomic mass is 9.88. The molecule has 2 aliphatic rings. The number of nitrogens with one attached hydrogen (secondary N) is 1. The minimum Gasteiger partial charge on any atom is -0.337 e. The van der Waals surface area contributed by atoms with Crippen LogP contribution >= 0.6 is 0 Å². The topological polar surface area (TPSA) is 50.2 Å². The van der Waals surface area contributed by atoms with Crippen LogP contribution in [0.1, 0.15) is 56.6 Å². The van der Waals surface area contributed by atoms with Crippen LogP contribution in [0.15, 0.2) is 42.7 Å². The molecule has 0 unspecified atom stereocenters. The molecule has 5 nitrogen and oxygen atoms in total. The Labute approximate surface area is 165 Å². The van der Waals surface area contributed by atoms with Gasteiger partial charge in [0.1, 0.15) is 5.82 Å². The average Bonchev–Trinajstić information content (AvgIpc) is 3.30. The van der Waals surface area contributed by atoms with Crippen molar-refractivity contribution in [3.8, 4) is 0 Å². The Morgan fingerprint density at radius 3 is 3.00 bits per heavy atom. The van der Waals surface area contributed by atoms with E-state index in [0.717, 1.165) is 31.4 Å². The Bertz CT molecular complexity index is 794. The highest BCUT2D eigenvalue weighted by Crippen LogP contribution is 2.36. The normalized spacial score (nSPS) is 26.4. The Balaban J connectivity index is 1.56. The molecule has 2 aromatic rings. The second-order valence-electron chi connectivity index (χ2n) is 8.14. The van der Waals surface area contributed by atoms with E-state index in [9.17, 15) is 9.18 Å². The summed E-state index contributed by atoms with van der Waals surface area (Å²) in [6.07, 6.45) is 8.56. The lowest BCUT2D eigenvalue weighted by molar-refractivity contribution is -0.133. The monoisotopic (exact) mass is 384 g/mol. The first-order valence-electron chi connectivity index (χ1n) is 10.4. The van der Waals surface area contributed by atoms with Crippen molar-refractivity contribution in [1.29, 1.82) is 0 Å². The number of hydrogen-bond donors (Lipinski definition) is 1. The Hall–Kier alpha value is -2.21. The number of rotatable bonds is 4. The van der Waals surface area contributed by atoms with E-state index < -0.39 is 0 Å². The molecule has 1 N–H and O–H groups in total. The van der Waals surface area contributed by atoms with E-state index in [4.69, 9.17) is 0 Å². The van der Waals surface area contributed by atoms with E-state index in [2.05, 4.69) is 15.3 Å². The first-order valence-corrected chi connectivity index (χ1v) is 10.4. The predicted molar refractivity (Wildman–Crippen MR) is 106 cm³/mol. The molecule has 0 spiro atoms. The van der Waals surface area contributed by atoms with E-state index in [0.29, 0.717) is 13.0 Å². The van der Waals surface area contributed by atoms with Crippen LogP contribution < -0.4 is 5.32 Å². The standard InChI is InChI=1S/C22H29FN4O/c1-16(27-12-6-11-25-27)13-21(28)26-15-19(17-7-5-8-18(23)14-17)22-20(26)9-3-2-4-10-24-22/h5-8,11-12,14,16,19-20,22,24H,2-4,9-10,13,15H2,1H3/t16-,19-,20+,22-/m0/s1. The zero-order valence-corrected chi connectivity index (χ0v) is 16.4. The van der Waals surface area contributed by atoms with Crippen molar-refractivity contribution in [3.63, 3.8) is 0 Å². The smallest absolute Gasteiger partial charge is 0.225 e. The van der Waals surface area contributed by atoms with Gasteiger partial charge in [-0.1, -0.05) is 25.0 Å². The van der Waals surface area contributed by atoms with Crippen LogP contribution in [0.5, 0.6) is 0 Å². The molecule has 150 valence electrons. The number of nitrogens with zero attached hydrogens (tertiary/aromatic N) is 3. The number of aromatic nitrogens is 2. The molecule has 2 aliphatic heterocycles. The molecule has 0 saturated carbocycles. The molecular formula is C22H29FN4O. The minimum absolute atomic E-state index is 0.0238. The molecule has 0 radical (unpaired) electrons. The molecule has 2 saturated heterocycles. The van der Waals surface area contributed by atoms with Gasteiger partial charge in [-0.2, -0.15) is 5.10 Å². The van der Waals surface area contributed by atoms with Gasteiger partial charge < -0.3 is 10.2 Å². The zero-order valence-electron chi connectivity index (χ0n) is 16.4. The first kappa shape index (κ1) is 19.1. The van der Waals surface area contributed by atoms with Gasteiger partial charge >= 0.3 is 0 Å². The van der Waals surface area contributed by atoms with E-state index in [1.165, 1.54) is 12.5 Å². The van der Waals surface area contributed by atoms with Crippen LogP contribution in [0.4, 0.5) is 4.39 Å². The number of carbonyl (C=O) groups is 1. The highest BCUT2D eigenvalue weighted by molar-refractivity contribution is 5.77. The number of amides is 1. The van der Waals surface area contributed by atoms with Crippen LogP contribution in [0.3, 0.4) is 0 Å². The van der Waals surface area contributed by atoms with Gasteiger partial charge in [-0.25, -0.2) is 4.39 Å². The average molecular weight is 384 g/mol. The summed E-state index contributed by atoms with van der Waals surface area (Å²) < 4.78 is 15.7. The van der Waals surface area contributed by atoms with Crippen molar-refractivity contribution in [2.75, 3.05) is 13.1 Å². The maximum absolute atomic E-state index is 13.9. The third-order valence-electron chi connectivity index (χ3n) is 6.24. The van der Waals surface area contributed by atoms with Crippen LogP contribution in [0, 0.1) is 5.82 Å². The van der Waals surface area contributed by atoms with Crippen LogP contribution in [-0.2, 0) is 4.79 Å². The number of hydrogen-bond acceptors (Lipinski definition) is 3. The molecule has 4 rings (SSSR count). The third kappa shape index (κ3) is 3.97. The molecule has 4 atom stereocenters. The fraction of sp³-hybridized carbons (Fsp3) is 0.545. The summed E-state index contributed by atoms with van der Waals surface area (Å²) in [4.78, 5) is 15.3. The lowest BCUT2D eigenvalue weighted by Gasteiger charge is -2.32. The van der Waals surface area contributed by atoms with Gasteiger partial charge in [-0.05, 0) is 50.1 Å². The van der Waals surface area contributed by atoms with Gasteiger partial charge in [0.25, 0.3) is 0 Å². The summed E-state index contributed by atoms with van der Waals surface area (Å²) in [7, 11) is 0. The zero-order chi connectivity index (χ0) is 19.5. The molecule has 2 fully saturated rings. The fourth-order valence-electron chi connectivity index (χ4n) is 4.80. The Morgan fingerprint density at radius 1 is 1.32 bits per heavy atom. The molecule has 0 bridgehead atoms. The number of carbonyl (C=O) groups excluding carboxylic acids is 1. The summed E-state index contributed by atoms with van der Waals surface area (Å²) in [5.74, 6) is 0.0824. The highest BCUT2D eigenvalue weighted by Gasteiger charge is 2.44. The van der Waals surface area contributed by atoms with Crippen molar-refractivity contribution >= 4 is 5.91 Å². The SMILES string of the molecule is C[C@@H](CC(=O)N1C[C@@H](c2cccc(F)c2)[C@@H]2NCCCCC[C@H]21)n1cccn1. The molecule has 1 aromatic heterocycles. The van der Waals surface area contributed by atoms with Crippen molar-refractivity contribution in [3.05, 3.63) is 54.1 Å². The number of likely N-dealkylation sites (tertiary alicyclic amines) is 1. The quantitative estimate of drug-likeness (QED) is 0.878. The van der Waals surface area contributed by atoms with Gasteiger partial charge in [-0.15, -0.1) is 0 Å². The Kier molecular flexibility index (Phi) is 5.76. The van der Waals surface area contributed by atoms with E-state index in [1.54, 1.807) is 18.3 Å². The summed E-state index contributed by atoms with van der Waals surface area (Å²) in [6, 6.07) is 9.13. The molecule has 1 aromatic carbocycles. The van der Waals surface area contributed by atoms with E-state index >= 15 is 0 Å². The summed E-state index contributed by atoms with van der Waals surface area (Å²) >= 11 is 0. The third-order valence-corrected chi connectivity index (χ3v) is 6.24. The van der Waals surface area contributed by atoms with E-state index in [-0.39, 0.29) is 35.8 Å². The minimum atomic E-state index is -0.211. The largest absolute Gasteiger partial charge is 0.337 e. The predicted octanol–water partition coefficient (Wildman–Crippen LogP) is 3.50. The van der Waals surface area contributed by atoms with Gasteiger partial charge in [0.2, 0.25) is 5.91 Å². The van der Waals surface area contributed by atoms with Crippen LogP contribution in [0.2, 0.25) is 0 Å². The summed E-state index contributed by atoms with van der Waals surface area (Å²) in [6.45, 7) is 3.63. The molecule has 6 heteroatoms. The van der Waals surface area contributed by atoms with Gasteiger partial charge in [0.15, 0.2) is 0 Å². The van der Waals surface area contributed by atoms with Gasteiger partial charge in [0, 0.05) is 43.4 Å². The van der Waals surface area contributed by atoms with Crippen molar-refractivity contribution in [2.45, 2.75) is 63.1 Å². The molecular weight excluding hydrogens is 355 g/mol. The van der Waals surface area contributed by atoms with Crippen molar-refractivity contribution in [1.82, 2.24) is 20.0 Å². The van der Waals surface area contributed by atoms with Crippen LogP contribution in [-0.4, -0.2) is 45.8 Å². The summed E-state index contributed by atoms with van der Waals surface area (Å²) in [5, 5.41) is 7.95. The summed E-state index contributed by atoms with van der Waals surface area (Å²) in [5.41, 5.74) is 0.985. The molecule has 3 heterocycles. The highest BCUT2D eigenvalue weighted by atomic mass is 19.1. The molecule has 1 amide bonds. The number of benzene rings is 1. The van der Waals surface area contributed by atoms with E-state index in [1.807, 2.05) is 29.9 Å². The second kappa shape index (κ2) is 8.43. The Morgan fingerprint density at radius 2 is 2.21 bits per heavy atom.